The monoisotopic (exact) mass is 486 g/mol. The Morgan fingerprint density at radius 1 is 1.06 bits per heavy atom. The number of carbonyl (C=O) groups is 3. The van der Waals surface area contributed by atoms with Crippen LogP contribution in [0.25, 0.3) is 0 Å². The van der Waals surface area contributed by atoms with Crippen LogP contribution in [0.1, 0.15) is 106 Å². The van der Waals surface area contributed by atoms with Crippen molar-refractivity contribution in [2.45, 2.75) is 112 Å². The Balaban J connectivity index is 1.63. The van der Waals surface area contributed by atoms with Crippen molar-refractivity contribution in [2.24, 2.45) is 44.8 Å². The number of hydrogen-bond acceptors (Lipinski definition) is 4. The van der Waals surface area contributed by atoms with Gasteiger partial charge in [0.05, 0.1) is 11.5 Å². The average molecular weight is 487 g/mol. The highest BCUT2D eigenvalue weighted by atomic mass is 16.4. The zero-order chi connectivity index (χ0) is 26.2. The maximum absolute atomic E-state index is 14.7. The minimum absolute atomic E-state index is 0.0311. The standard InChI is InChI=1S/C30H46O5/c1-18(9-8-10-19(2)24(33)34)20-11-13-29(7)25(35)30(16-15-27(20,29)5)23(32)17-21-26(3,4)22(31)12-14-28(21,30)6/h10,18,20-21,23,32H,8-9,11-17H2,1-7H3,(H,33,34)/b19-10-/t18-,20-,21+,23-,27-,28-,29+,30+/m0/s1. The number of carbonyl (C=O) groups excluding carboxylic acids is 2. The summed E-state index contributed by atoms with van der Waals surface area (Å²) in [6.07, 6.45) is 8.00. The molecule has 0 amide bonds. The zero-order valence-electron chi connectivity index (χ0n) is 22.9. The number of carboxylic acids is 1. The van der Waals surface area contributed by atoms with Gasteiger partial charge in [0, 0.05) is 22.8 Å². The van der Waals surface area contributed by atoms with E-state index in [1.807, 2.05) is 19.9 Å². The zero-order valence-corrected chi connectivity index (χ0v) is 22.9. The van der Waals surface area contributed by atoms with Crippen LogP contribution in [-0.4, -0.2) is 33.9 Å². The second-order valence-corrected chi connectivity index (χ2v) is 13.8. The second-order valence-electron chi connectivity index (χ2n) is 13.8. The molecular weight excluding hydrogens is 440 g/mol. The van der Waals surface area contributed by atoms with Crippen LogP contribution in [-0.2, 0) is 14.4 Å². The molecule has 35 heavy (non-hydrogen) atoms. The molecule has 4 aliphatic carbocycles. The Morgan fingerprint density at radius 3 is 2.34 bits per heavy atom. The summed E-state index contributed by atoms with van der Waals surface area (Å²) in [7, 11) is 0. The number of aliphatic hydroxyl groups is 1. The first-order valence-corrected chi connectivity index (χ1v) is 13.8. The lowest BCUT2D eigenvalue weighted by Gasteiger charge is -2.61. The van der Waals surface area contributed by atoms with Crippen LogP contribution in [0.5, 0.6) is 0 Å². The molecule has 0 aromatic carbocycles. The predicted octanol–water partition coefficient (Wildman–Crippen LogP) is 5.98. The molecule has 0 saturated heterocycles. The average Bonchev–Trinajstić information content (AvgIpc) is 3.19. The second kappa shape index (κ2) is 8.26. The normalized spacial score (nSPS) is 45.9. The number of fused-ring (bicyclic) bond motifs is 3. The maximum atomic E-state index is 14.7. The Labute approximate surface area is 211 Å². The molecule has 0 aliphatic heterocycles. The molecule has 5 nitrogen and oxygen atoms in total. The summed E-state index contributed by atoms with van der Waals surface area (Å²) in [6.45, 7) is 14.6. The van der Waals surface area contributed by atoms with Gasteiger partial charge in [-0.05, 0) is 86.9 Å². The fraction of sp³-hybridized carbons (Fsp3) is 0.833. The van der Waals surface area contributed by atoms with E-state index in [1.165, 1.54) is 0 Å². The SMILES string of the molecule is C/C(=C/CC[C@H](C)[C@@H]1CC[C@]2(C)C(=O)[C@@]3(CC[C@@]12C)[C@@H](O)C[C@@H]1C(C)(C)C(=O)CC[C@@]13C)C(=O)O. The smallest absolute Gasteiger partial charge is 0.330 e. The molecule has 0 heterocycles. The highest BCUT2D eigenvalue weighted by Crippen LogP contribution is 2.75. The molecular formula is C30H46O5. The van der Waals surface area contributed by atoms with Crippen molar-refractivity contribution < 1.29 is 24.6 Å². The van der Waals surface area contributed by atoms with Crippen LogP contribution in [0.2, 0.25) is 0 Å². The Bertz CT molecular complexity index is 964. The Hall–Kier alpha value is -1.49. The first-order chi connectivity index (χ1) is 16.1. The van der Waals surface area contributed by atoms with Gasteiger partial charge in [0.15, 0.2) is 0 Å². The largest absolute Gasteiger partial charge is 0.478 e. The summed E-state index contributed by atoms with van der Waals surface area (Å²) in [6, 6.07) is 0. The van der Waals surface area contributed by atoms with E-state index < -0.39 is 28.3 Å². The van der Waals surface area contributed by atoms with Gasteiger partial charge in [0.2, 0.25) is 0 Å². The number of ketones is 2. The fourth-order valence-corrected chi connectivity index (χ4v) is 9.74. The van der Waals surface area contributed by atoms with Gasteiger partial charge >= 0.3 is 5.97 Å². The molecule has 8 atom stereocenters. The number of aliphatic hydroxyl groups excluding tert-OH is 1. The first kappa shape index (κ1) is 26.6. The lowest BCUT2D eigenvalue weighted by Crippen LogP contribution is -2.64. The van der Waals surface area contributed by atoms with Crippen LogP contribution < -0.4 is 0 Å². The topological polar surface area (TPSA) is 91.7 Å². The van der Waals surface area contributed by atoms with Gasteiger partial charge in [0.25, 0.3) is 0 Å². The molecule has 196 valence electrons. The van der Waals surface area contributed by atoms with Crippen molar-refractivity contribution in [2.75, 3.05) is 0 Å². The van der Waals surface area contributed by atoms with Crippen molar-refractivity contribution in [3.63, 3.8) is 0 Å². The lowest BCUT2D eigenvalue weighted by molar-refractivity contribution is -0.182. The van der Waals surface area contributed by atoms with Gasteiger partial charge in [-0.3, -0.25) is 9.59 Å². The van der Waals surface area contributed by atoms with Crippen LogP contribution in [0, 0.1) is 44.8 Å². The van der Waals surface area contributed by atoms with Gasteiger partial charge in [-0.15, -0.1) is 0 Å². The Kier molecular flexibility index (Phi) is 6.27. The number of carboxylic acid groups (broad SMARTS) is 1. The number of rotatable bonds is 5. The van der Waals surface area contributed by atoms with Crippen molar-refractivity contribution in [1.29, 1.82) is 0 Å². The van der Waals surface area contributed by atoms with Gasteiger partial charge in [-0.2, -0.15) is 0 Å². The minimum atomic E-state index is -0.865. The molecule has 0 aromatic rings. The quantitative estimate of drug-likeness (QED) is 0.466. The molecule has 2 N–H and O–H groups in total. The van der Waals surface area contributed by atoms with Gasteiger partial charge in [-0.1, -0.05) is 47.6 Å². The van der Waals surface area contributed by atoms with Gasteiger partial charge in [-0.25, -0.2) is 4.79 Å². The van der Waals surface area contributed by atoms with Crippen LogP contribution >= 0.6 is 0 Å². The summed E-state index contributed by atoms with van der Waals surface area (Å²) >= 11 is 0. The molecule has 4 aliphatic rings. The number of hydrogen-bond donors (Lipinski definition) is 2. The predicted molar refractivity (Wildman–Crippen MR) is 136 cm³/mol. The molecule has 0 bridgehead atoms. The third kappa shape index (κ3) is 3.32. The third-order valence-corrected chi connectivity index (χ3v) is 12.4. The molecule has 1 spiro atoms. The van der Waals surface area contributed by atoms with Crippen molar-refractivity contribution >= 4 is 17.5 Å². The van der Waals surface area contributed by atoms with E-state index in [1.54, 1.807) is 6.92 Å². The molecule has 4 saturated carbocycles. The van der Waals surface area contributed by atoms with Crippen molar-refractivity contribution in [3.8, 4) is 0 Å². The van der Waals surface area contributed by atoms with Crippen LogP contribution in [0.4, 0.5) is 0 Å². The molecule has 4 fully saturated rings. The summed E-state index contributed by atoms with van der Waals surface area (Å²) in [5.74, 6) is 0.492. The van der Waals surface area contributed by atoms with Gasteiger partial charge < -0.3 is 10.2 Å². The van der Waals surface area contributed by atoms with E-state index in [9.17, 15) is 19.5 Å². The van der Waals surface area contributed by atoms with E-state index in [2.05, 4.69) is 27.7 Å². The number of Topliss-reactive ketones (excluding diaryl/α,β-unsaturated/α-hetero) is 2. The molecule has 4 rings (SSSR count). The van der Waals surface area contributed by atoms with E-state index in [0.29, 0.717) is 43.1 Å². The molecule has 0 unspecified atom stereocenters. The minimum Gasteiger partial charge on any atom is -0.478 e. The number of allylic oxidation sites excluding steroid dienone is 1. The van der Waals surface area contributed by atoms with E-state index in [0.717, 1.165) is 32.1 Å². The summed E-state index contributed by atoms with van der Waals surface area (Å²) < 4.78 is 0. The van der Waals surface area contributed by atoms with Crippen molar-refractivity contribution in [3.05, 3.63) is 11.6 Å². The van der Waals surface area contributed by atoms with E-state index in [4.69, 9.17) is 5.11 Å². The van der Waals surface area contributed by atoms with E-state index >= 15 is 0 Å². The summed E-state index contributed by atoms with van der Waals surface area (Å²) in [5.41, 5.74) is -1.84. The van der Waals surface area contributed by atoms with Crippen molar-refractivity contribution in [1.82, 2.24) is 0 Å². The van der Waals surface area contributed by atoms with Gasteiger partial charge in [0.1, 0.15) is 11.6 Å². The highest BCUT2D eigenvalue weighted by molar-refractivity contribution is 5.95. The number of aliphatic carboxylic acids is 1. The van der Waals surface area contributed by atoms with Crippen LogP contribution in [0.3, 0.4) is 0 Å². The summed E-state index contributed by atoms with van der Waals surface area (Å²) in [4.78, 5) is 38.7. The third-order valence-electron chi connectivity index (χ3n) is 12.4. The molecule has 5 heteroatoms. The highest BCUT2D eigenvalue weighted by Gasteiger charge is 2.76. The molecule has 0 radical (unpaired) electrons. The lowest BCUT2D eigenvalue weighted by atomic mass is 9.41. The fourth-order valence-electron chi connectivity index (χ4n) is 9.74. The summed E-state index contributed by atoms with van der Waals surface area (Å²) in [5, 5.41) is 20.8. The Morgan fingerprint density at radius 2 is 1.71 bits per heavy atom. The van der Waals surface area contributed by atoms with Crippen LogP contribution in [0.15, 0.2) is 11.6 Å². The maximum Gasteiger partial charge on any atom is 0.330 e. The van der Waals surface area contributed by atoms with E-state index in [-0.39, 0.29) is 28.3 Å². The first-order valence-electron chi connectivity index (χ1n) is 13.8. The molecule has 0 aromatic heterocycles.